The van der Waals surface area contributed by atoms with Gasteiger partial charge in [0.25, 0.3) is 11.6 Å². The fourth-order valence-corrected chi connectivity index (χ4v) is 5.53. The van der Waals surface area contributed by atoms with Crippen LogP contribution in [0.5, 0.6) is 0 Å². The minimum absolute atomic E-state index is 0.0854. The summed E-state index contributed by atoms with van der Waals surface area (Å²) in [5.74, 6) is -5.62. The Morgan fingerprint density at radius 1 is 0.830 bits per heavy atom. The molecule has 1 saturated heterocycles. The molecule has 15 heteroatoms. The summed E-state index contributed by atoms with van der Waals surface area (Å²) in [6.45, 7) is 17.0. The molecule has 1 fully saturated rings. The molecule has 15 nitrogen and oxygen atoms in total. The Labute approximate surface area is 309 Å². The van der Waals surface area contributed by atoms with Gasteiger partial charge >= 0.3 is 24.1 Å². The van der Waals surface area contributed by atoms with E-state index in [4.69, 9.17) is 19.9 Å². The first-order valence-electron chi connectivity index (χ1n) is 17.1. The Bertz CT molecular complexity index is 1740. The van der Waals surface area contributed by atoms with Gasteiger partial charge in [-0.3, -0.25) is 24.1 Å². The number of nitrogens with one attached hydrogen (secondary N) is 2. The monoisotopic (exact) mass is 737 g/mol. The molecule has 0 unspecified atom stereocenters. The minimum Gasteiger partial charge on any atom is -0.460 e. The van der Waals surface area contributed by atoms with Gasteiger partial charge in [0.2, 0.25) is 5.91 Å². The number of imide groups is 1. The van der Waals surface area contributed by atoms with E-state index in [1.54, 1.807) is 59.7 Å². The molecule has 4 N–H and O–H groups in total. The number of rotatable bonds is 11. The summed E-state index contributed by atoms with van der Waals surface area (Å²) >= 11 is 0. The van der Waals surface area contributed by atoms with E-state index in [2.05, 4.69) is 10.6 Å². The number of nitrogens with two attached hydrogens (primary N) is 1. The number of ketones is 1. The summed E-state index contributed by atoms with van der Waals surface area (Å²) in [6, 6.07) is 10.8. The summed E-state index contributed by atoms with van der Waals surface area (Å²) in [5, 5.41) is 5.24. The fourth-order valence-electron chi connectivity index (χ4n) is 5.53. The Balaban J connectivity index is 2.19. The van der Waals surface area contributed by atoms with E-state index >= 15 is 0 Å². The first-order chi connectivity index (χ1) is 24.2. The predicted octanol–water partition coefficient (Wildman–Crippen LogP) is 4.20. The van der Waals surface area contributed by atoms with Gasteiger partial charge in [-0.25, -0.2) is 19.3 Å². The molecule has 2 aromatic carbocycles. The zero-order valence-electron chi connectivity index (χ0n) is 32.2. The van der Waals surface area contributed by atoms with E-state index in [0.29, 0.717) is 15.4 Å². The second-order valence-corrected chi connectivity index (χ2v) is 15.9. The molecule has 53 heavy (non-hydrogen) atoms. The summed E-state index contributed by atoms with van der Waals surface area (Å²) in [4.78, 5) is 98.1. The van der Waals surface area contributed by atoms with Crippen molar-refractivity contribution in [1.29, 1.82) is 0 Å². The van der Waals surface area contributed by atoms with E-state index in [0.717, 1.165) is 6.92 Å². The number of hydrogen-bond donors (Lipinski definition) is 3. The molecule has 0 saturated carbocycles. The highest BCUT2D eigenvalue weighted by atomic mass is 16.6. The molecule has 0 spiro atoms. The van der Waals surface area contributed by atoms with Gasteiger partial charge in [-0.05, 0) is 99.4 Å². The van der Waals surface area contributed by atoms with Crippen LogP contribution in [0.25, 0.3) is 0 Å². The van der Waals surface area contributed by atoms with E-state index in [9.17, 15) is 33.6 Å². The average Bonchev–Trinajstić information content (AvgIpc) is 3.24. The van der Waals surface area contributed by atoms with Crippen molar-refractivity contribution in [3.8, 4) is 0 Å². The van der Waals surface area contributed by atoms with Crippen LogP contribution in [0.15, 0.2) is 54.6 Å². The number of Topliss-reactive ketones (excluding diaryl/α,β-unsaturated/α-hetero) is 1. The second-order valence-electron chi connectivity index (χ2n) is 15.9. The first kappa shape index (κ1) is 42.1. The van der Waals surface area contributed by atoms with Gasteiger partial charge in [0.05, 0.1) is 12.5 Å². The summed E-state index contributed by atoms with van der Waals surface area (Å²) in [5.41, 5.74) is -0.788. The second kappa shape index (κ2) is 15.3. The Morgan fingerprint density at radius 3 is 1.85 bits per heavy atom. The number of benzene rings is 2. The number of para-hydroxylation sites is 1. The number of alkyl carbamates (subject to hydrolysis) is 1. The van der Waals surface area contributed by atoms with Gasteiger partial charge in [-0.15, -0.1) is 0 Å². The van der Waals surface area contributed by atoms with Crippen molar-refractivity contribution < 1.29 is 47.8 Å². The molecule has 0 radical (unpaired) electrons. The van der Waals surface area contributed by atoms with Crippen molar-refractivity contribution in [3.05, 3.63) is 65.7 Å². The molecule has 5 amide bonds. The molecule has 0 bridgehead atoms. The van der Waals surface area contributed by atoms with Crippen molar-refractivity contribution in [3.63, 3.8) is 0 Å². The van der Waals surface area contributed by atoms with Crippen molar-refractivity contribution in [2.45, 2.75) is 123 Å². The van der Waals surface area contributed by atoms with Crippen molar-refractivity contribution in [2.75, 3.05) is 4.90 Å². The van der Waals surface area contributed by atoms with Crippen LogP contribution < -0.4 is 21.3 Å². The quantitative estimate of drug-likeness (QED) is 0.129. The molecule has 1 heterocycles. The van der Waals surface area contributed by atoms with Crippen LogP contribution >= 0.6 is 0 Å². The largest absolute Gasteiger partial charge is 0.460 e. The Kier molecular flexibility index (Phi) is 12.2. The number of nitrogens with zero attached hydrogens (tertiary/aromatic N) is 2. The van der Waals surface area contributed by atoms with Gasteiger partial charge in [-0.2, -0.15) is 0 Å². The average molecular weight is 738 g/mol. The lowest BCUT2D eigenvalue weighted by Crippen LogP contribution is -2.75. The van der Waals surface area contributed by atoms with Gasteiger partial charge < -0.3 is 30.6 Å². The van der Waals surface area contributed by atoms with E-state index in [1.165, 1.54) is 64.1 Å². The molecular formula is C38H51N5O10. The molecule has 3 atom stereocenters. The number of ether oxygens (including phenoxy) is 3. The van der Waals surface area contributed by atoms with Gasteiger partial charge in [0, 0.05) is 12.2 Å². The maximum atomic E-state index is 14.7. The first-order valence-corrected chi connectivity index (χ1v) is 17.1. The molecule has 0 aliphatic carbocycles. The molecule has 1 aliphatic rings. The zero-order valence-corrected chi connectivity index (χ0v) is 32.2. The van der Waals surface area contributed by atoms with Crippen molar-refractivity contribution >= 4 is 47.3 Å². The molecule has 3 rings (SSSR count). The smallest absolute Gasteiger partial charge is 0.407 e. The predicted molar refractivity (Wildman–Crippen MR) is 194 cm³/mol. The molecule has 288 valence electrons. The number of anilines is 1. The minimum atomic E-state index is -3.09. The molecule has 1 aliphatic heterocycles. The summed E-state index contributed by atoms with van der Waals surface area (Å²) in [7, 11) is 0. The number of carbonyl (C=O) groups is 7. The van der Waals surface area contributed by atoms with Crippen LogP contribution in [-0.2, 0) is 50.3 Å². The van der Waals surface area contributed by atoms with Crippen LogP contribution in [0.3, 0.4) is 0 Å². The summed E-state index contributed by atoms with van der Waals surface area (Å²) < 4.78 is 16.3. The lowest BCUT2D eigenvalue weighted by Gasteiger charge is -2.45. The highest BCUT2D eigenvalue weighted by Crippen LogP contribution is 2.39. The topological polar surface area (TPSA) is 204 Å². The standard InChI is InChI=1S/C38H51N5O10/c1-23(44)38(31(48)52-35(5,6)7,42(26-15-13-12-14-16-26)29(46)27(39)21-28(45)51-34(2,3)4)43-30(47)37(11,41-32(43)49)25-19-17-24(18-20-25)22-40-33(50)53-36(8,9)10/h12-20,27H,21-22,39H2,1-11H3,(H,40,50)(H,41,49)/t27-,37+,38-/m0/s1. The van der Waals surface area contributed by atoms with Crippen LogP contribution in [0.2, 0.25) is 0 Å². The number of amides is 5. The van der Waals surface area contributed by atoms with Gasteiger partial charge in [0.1, 0.15) is 22.3 Å². The Morgan fingerprint density at radius 2 is 1.36 bits per heavy atom. The maximum Gasteiger partial charge on any atom is 0.407 e. The highest BCUT2D eigenvalue weighted by molar-refractivity contribution is 6.24. The lowest BCUT2D eigenvalue weighted by atomic mass is 9.89. The van der Waals surface area contributed by atoms with Crippen LogP contribution in [0.4, 0.5) is 15.3 Å². The maximum absolute atomic E-state index is 14.7. The molecule has 2 aromatic rings. The highest BCUT2D eigenvalue weighted by Gasteiger charge is 2.67. The Hall–Kier alpha value is -5.31. The molecule has 0 aromatic heterocycles. The number of hydrogen-bond acceptors (Lipinski definition) is 11. The van der Waals surface area contributed by atoms with Crippen molar-refractivity contribution in [1.82, 2.24) is 15.5 Å². The van der Waals surface area contributed by atoms with E-state index in [1.807, 2.05) is 0 Å². The number of urea groups is 1. The summed E-state index contributed by atoms with van der Waals surface area (Å²) in [6.07, 6.45) is -1.30. The fraction of sp³-hybridized carbons (Fsp3) is 0.500. The van der Waals surface area contributed by atoms with Gasteiger partial charge in [-0.1, -0.05) is 42.5 Å². The van der Waals surface area contributed by atoms with Crippen LogP contribution in [0.1, 0.15) is 93.7 Å². The van der Waals surface area contributed by atoms with E-state index < -0.39 is 82.1 Å². The van der Waals surface area contributed by atoms with Crippen LogP contribution in [-0.4, -0.2) is 75.1 Å². The zero-order chi connectivity index (χ0) is 40.3. The number of esters is 2. The van der Waals surface area contributed by atoms with Crippen LogP contribution in [0, 0.1) is 0 Å². The third kappa shape index (κ3) is 9.77. The third-order valence-corrected chi connectivity index (χ3v) is 7.74. The van der Waals surface area contributed by atoms with E-state index in [-0.39, 0.29) is 17.8 Å². The lowest BCUT2D eigenvalue weighted by molar-refractivity contribution is -0.174. The van der Waals surface area contributed by atoms with Crippen molar-refractivity contribution in [2.24, 2.45) is 5.73 Å². The van der Waals surface area contributed by atoms with Gasteiger partial charge in [0.15, 0.2) is 5.78 Å². The molecular weight excluding hydrogens is 686 g/mol. The third-order valence-electron chi connectivity index (χ3n) is 7.74. The number of carbonyl (C=O) groups excluding carboxylic acids is 7. The SMILES string of the molecule is CC(=O)[C@@](C(=O)OC(C)(C)C)(N1C(=O)N[C@](C)(c2ccc(CNC(=O)OC(C)(C)C)cc2)C1=O)N(C(=O)[C@@H](N)CC(=O)OC(C)(C)C)c1ccccc1. The normalized spacial score (nSPS) is 17.9.